The first-order valence-corrected chi connectivity index (χ1v) is 6.46. The molecule has 4 nitrogen and oxygen atoms in total. The zero-order valence-corrected chi connectivity index (χ0v) is 12.1. The number of nitro groups is 1. The molecule has 0 bridgehead atoms. The van der Waals surface area contributed by atoms with Crippen molar-refractivity contribution in [3.05, 3.63) is 62.1 Å². The first-order valence-electron chi connectivity index (χ1n) is 5.66. The van der Waals surface area contributed by atoms with Crippen molar-refractivity contribution >= 4 is 21.6 Å². The van der Waals surface area contributed by atoms with E-state index >= 15 is 0 Å². The molecule has 0 aliphatic rings. The van der Waals surface area contributed by atoms with Crippen molar-refractivity contribution in [1.82, 2.24) is 0 Å². The number of rotatable bonds is 3. The first-order chi connectivity index (χ1) is 8.97. The van der Waals surface area contributed by atoms with Crippen LogP contribution >= 0.6 is 15.9 Å². The molecule has 0 aliphatic carbocycles. The zero-order valence-electron chi connectivity index (χ0n) is 10.5. The van der Waals surface area contributed by atoms with Crippen molar-refractivity contribution in [2.75, 3.05) is 0 Å². The number of hydrogen-bond donors (Lipinski definition) is 0. The molecular weight excluding hydrogens is 310 g/mol. The molecule has 0 saturated carbocycles. The summed E-state index contributed by atoms with van der Waals surface area (Å²) in [4.78, 5) is 10.4. The molecule has 0 fully saturated rings. The molecular formula is C14H12BrNO3. The summed E-state index contributed by atoms with van der Waals surface area (Å²) in [6, 6.07) is 10.5. The number of nitro benzene ring substituents is 1. The number of benzene rings is 2. The SMILES string of the molecule is Cc1cc([N+](=O)[O-])cc(C)c1Oc1cccc(Br)c1. The summed E-state index contributed by atoms with van der Waals surface area (Å²) >= 11 is 3.37. The normalized spacial score (nSPS) is 10.3. The summed E-state index contributed by atoms with van der Waals surface area (Å²) in [6.07, 6.45) is 0. The molecule has 98 valence electrons. The highest BCUT2D eigenvalue weighted by molar-refractivity contribution is 9.10. The van der Waals surface area contributed by atoms with E-state index in [0.717, 1.165) is 15.6 Å². The molecule has 19 heavy (non-hydrogen) atoms. The zero-order chi connectivity index (χ0) is 14.0. The van der Waals surface area contributed by atoms with Crippen molar-refractivity contribution in [2.24, 2.45) is 0 Å². The Bertz CT molecular complexity index is 617. The van der Waals surface area contributed by atoms with Crippen LogP contribution in [0.5, 0.6) is 11.5 Å². The van der Waals surface area contributed by atoms with Gasteiger partial charge in [0, 0.05) is 16.6 Å². The number of aryl methyl sites for hydroxylation is 2. The Labute approximate surface area is 119 Å². The van der Waals surface area contributed by atoms with Crippen LogP contribution in [0.25, 0.3) is 0 Å². The quantitative estimate of drug-likeness (QED) is 0.604. The third-order valence-electron chi connectivity index (χ3n) is 2.67. The lowest BCUT2D eigenvalue weighted by Gasteiger charge is -2.11. The molecule has 2 aromatic rings. The summed E-state index contributed by atoms with van der Waals surface area (Å²) in [5, 5.41) is 10.8. The molecule has 0 saturated heterocycles. The highest BCUT2D eigenvalue weighted by atomic mass is 79.9. The maximum atomic E-state index is 10.8. The van der Waals surface area contributed by atoms with Gasteiger partial charge < -0.3 is 4.74 Å². The third-order valence-corrected chi connectivity index (χ3v) is 3.17. The maximum absolute atomic E-state index is 10.8. The molecule has 0 aromatic heterocycles. The summed E-state index contributed by atoms with van der Waals surface area (Å²) < 4.78 is 6.72. The topological polar surface area (TPSA) is 52.4 Å². The van der Waals surface area contributed by atoms with Crippen molar-refractivity contribution in [3.8, 4) is 11.5 Å². The van der Waals surface area contributed by atoms with E-state index in [4.69, 9.17) is 4.74 Å². The molecule has 0 amide bonds. The fraction of sp³-hybridized carbons (Fsp3) is 0.143. The van der Waals surface area contributed by atoms with Crippen molar-refractivity contribution in [3.63, 3.8) is 0 Å². The van der Waals surface area contributed by atoms with E-state index in [1.807, 2.05) is 24.3 Å². The minimum absolute atomic E-state index is 0.0802. The van der Waals surface area contributed by atoms with Crippen LogP contribution in [-0.2, 0) is 0 Å². The van der Waals surface area contributed by atoms with E-state index in [0.29, 0.717) is 11.5 Å². The molecule has 2 aromatic carbocycles. The number of ether oxygens (including phenoxy) is 1. The Morgan fingerprint density at radius 1 is 1.16 bits per heavy atom. The van der Waals surface area contributed by atoms with Crippen LogP contribution in [0.3, 0.4) is 0 Å². The Morgan fingerprint density at radius 3 is 2.32 bits per heavy atom. The first kappa shape index (κ1) is 13.5. The minimum atomic E-state index is -0.400. The molecule has 0 heterocycles. The van der Waals surface area contributed by atoms with Gasteiger partial charge in [-0.15, -0.1) is 0 Å². The van der Waals surface area contributed by atoms with Gasteiger partial charge in [0.15, 0.2) is 0 Å². The van der Waals surface area contributed by atoms with Crippen LogP contribution in [0.15, 0.2) is 40.9 Å². The Morgan fingerprint density at radius 2 is 1.79 bits per heavy atom. The van der Waals surface area contributed by atoms with E-state index in [1.54, 1.807) is 13.8 Å². The van der Waals surface area contributed by atoms with Crippen LogP contribution in [0, 0.1) is 24.0 Å². The summed E-state index contributed by atoms with van der Waals surface area (Å²) in [7, 11) is 0. The van der Waals surface area contributed by atoms with Crippen LogP contribution < -0.4 is 4.74 Å². The lowest BCUT2D eigenvalue weighted by atomic mass is 10.1. The molecule has 0 aliphatic heterocycles. The van der Waals surface area contributed by atoms with Gasteiger partial charge in [-0.2, -0.15) is 0 Å². The summed E-state index contributed by atoms with van der Waals surface area (Å²) in [6.45, 7) is 3.60. The number of halogens is 1. The standard InChI is InChI=1S/C14H12BrNO3/c1-9-6-12(16(17)18)7-10(2)14(9)19-13-5-3-4-11(15)8-13/h3-8H,1-2H3. The number of hydrogen-bond acceptors (Lipinski definition) is 3. The van der Waals surface area contributed by atoms with Gasteiger partial charge in [0.2, 0.25) is 0 Å². The highest BCUT2D eigenvalue weighted by Crippen LogP contribution is 2.32. The van der Waals surface area contributed by atoms with Gasteiger partial charge in [-0.05, 0) is 43.2 Å². The third kappa shape index (κ3) is 3.12. The van der Waals surface area contributed by atoms with E-state index in [2.05, 4.69) is 15.9 Å². The Hall–Kier alpha value is -1.88. The van der Waals surface area contributed by atoms with Gasteiger partial charge in [-0.25, -0.2) is 0 Å². The van der Waals surface area contributed by atoms with Crippen LogP contribution in [0.4, 0.5) is 5.69 Å². The van der Waals surface area contributed by atoms with Crippen LogP contribution in [0.2, 0.25) is 0 Å². The van der Waals surface area contributed by atoms with Gasteiger partial charge in [0.05, 0.1) is 4.92 Å². The second kappa shape index (κ2) is 5.40. The van der Waals surface area contributed by atoms with Crippen molar-refractivity contribution in [2.45, 2.75) is 13.8 Å². The number of non-ortho nitro benzene ring substituents is 1. The van der Waals surface area contributed by atoms with Crippen molar-refractivity contribution < 1.29 is 9.66 Å². The van der Waals surface area contributed by atoms with Crippen LogP contribution in [-0.4, -0.2) is 4.92 Å². The van der Waals surface area contributed by atoms with Crippen LogP contribution in [0.1, 0.15) is 11.1 Å². The lowest BCUT2D eigenvalue weighted by molar-refractivity contribution is -0.385. The Balaban J connectivity index is 2.38. The second-order valence-corrected chi connectivity index (χ2v) is 5.14. The highest BCUT2D eigenvalue weighted by Gasteiger charge is 2.13. The average molecular weight is 322 g/mol. The smallest absolute Gasteiger partial charge is 0.270 e. The molecule has 0 radical (unpaired) electrons. The predicted octanol–water partition coefficient (Wildman–Crippen LogP) is 4.77. The fourth-order valence-electron chi connectivity index (χ4n) is 1.84. The summed E-state index contributed by atoms with van der Waals surface area (Å²) in [5.41, 5.74) is 1.56. The molecule has 0 unspecified atom stereocenters. The second-order valence-electron chi connectivity index (χ2n) is 4.23. The van der Waals surface area contributed by atoms with E-state index in [-0.39, 0.29) is 5.69 Å². The van der Waals surface area contributed by atoms with Gasteiger partial charge in [0.25, 0.3) is 5.69 Å². The largest absolute Gasteiger partial charge is 0.457 e. The Kier molecular flexibility index (Phi) is 3.85. The van der Waals surface area contributed by atoms with Gasteiger partial charge in [0.1, 0.15) is 11.5 Å². The molecule has 0 spiro atoms. The van der Waals surface area contributed by atoms with Crippen molar-refractivity contribution in [1.29, 1.82) is 0 Å². The predicted molar refractivity (Wildman–Crippen MR) is 76.8 cm³/mol. The van der Waals surface area contributed by atoms with Gasteiger partial charge >= 0.3 is 0 Å². The molecule has 0 atom stereocenters. The van der Waals surface area contributed by atoms with E-state index in [1.165, 1.54) is 12.1 Å². The number of nitrogens with zero attached hydrogens (tertiary/aromatic N) is 1. The molecule has 0 N–H and O–H groups in total. The van der Waals surface area contributed by atoms with E-state index < -0.39 is 4.92 Å². The molecule has 2 rings (SSSR count). The fourth-order valence-corrected chi connectivity index (χ4v) is 2.22. The van der Waals surface area contributed by atoms with Gasteiger partial charge in [-0.1, -0.05) is 22.0 Å². The summed E-state index contributed by atoms with van der Waals surface area (Å²) in [5.74, 6) is 1.35. The van der Waals surface area contributed by atoms with Gasteiger partial charge in [-0.3, -0.25) is 10.1 Å². The minimum Gasteiger partial charge on any atom is -0.457 e. The average Bonchev–Trinajstić information content (AvgIpc) is 2.33. The lowest BCUT2D eigenvalue weighted by Crippen LogP contribution is -1.95. The van der Waals surface area contributed by atoms with E-state index in [9.17, 15) is 10.1 Å². The maximum Gasteiger partial charge on any atom is 0.270 e. The monoisotopic (exact) mass is 321 g/mol. The molecule has 5 heteroatoms.